The fourth-order valence-corrected chi connectivity index (χ4v) is 2.06. The van der Waals surface area contributed by atoms with E-state index in [-0.39, 0.29) is 6.61 Å². The van der Waals surface area contributed by atoms with Gasteiger partial charge in [0, 0.05) is 11.8 Å². The van der Waals surface area contributed by atoms with Gasteiger partial charge in [0.1, 0.15) is 6.61 Å². The zero-order valence-corrected chi connectivity index (χ0v) is 12.6. The third kappa shape index (κ3) is 4.32. The first kappa shape index (κ1) is 15.5. The topological polar surface area (TPSA) is 67.9 Å². The van der Waals surface area contributed by atoms with Crippen LogP contribution in [-0.2, 0) is 16.1 Å². The summed E-state index contributed by atoms with van der Waals surface area (Å²) in [7, 11) is 0. The van der Waals surface area contributed by atoms with E-state index in [0.29, 0.717) is 12.1 Å². The van der Waals surface area contributed by atoms with Gasteiger partial charge in [-0.1, -0.05) is 12.1 Å². The lowest BCUT2D eigenvalue weighted by Crippen LogP contribution is -2.11. The van der Waals surface area contributed by atoms with Crippen LogP contribution in [0.5, 0.6) is 0 Å². The van der Waals surface area contributed by atoms with E-state index in [4.69, 9.17) is 10.00 Å². The summed E-state index contributed by atoms with van der Waals surface area (Å²) in [6, 6.07) is 11.0. The summed E-state index contributed by atoms with van der Waals surface area (Å²) in [5.74, 6) is -0.413. The molecule has 2 aromatic rings. The molecule has 0 atom stereocenters. The van der Waals surface area contributed by atoms with E-state index in [1.54, 1.807) is 24.3 Å². The van der Waals surface area contributed by atoms with Crippen LogP contribution in [0.15, 0.2) is 36.4 Å². The lowest BCUT2D eigenvalue weighted by molar-refractivity contribution is -0.138. The molecule has 1 aromatic heterocycles. The molecule has 0 spiro atoms. The second-order valence-corrected chi connectivity index (χ2v) is 4.89. The quantitative estimate of drug-likeness (QED) is 0.628. The maximum absolute atomic E-state index is 11.6. The summed E-state index contributed by atoms with van der Waals surface area (Å²) >= 11 is 0. The highest BCUT2D eigenvalue weighted by Crippen LogP contribution is 2.06. The summed E-state index contributed by atoms with van der Waals surface area (Å²) in [5, 5.41) is 13.1. The number of hydrogen-bond acceptors (Lipinski definition) is 4. The molecule has 0 fully saturated rings. The summed E-state index contributed by atoms with van der Waals surface area (Å²) in [5.41, 5.74) is 3.33. The smallest absolute Gasteiger partial charge is 0.330 e. The lowest BCUT2D eigenvalue weighted by Gasteiger charge is -2.04. The van der Waals surface area contributed by atoms with E-state index < -0.39 is 5.97 Å². The van der Waals surface area contributed by atoms with Crippen molar-refractivity contribution >= 4 is 12.0 Å². The molecule has 0 N–H and O–H groups in total. The van der Waals surface area contributed by atoms with Crippen LogP contribution in [0.25, 0.3) is 6.08 Å². The molecule has 0 unspecified atom stereocenters. The fourth-order valence-electron chi connectivity index (χ4n) is 2.06. The Morgan fingerprint density at radius 1 is 1.41 bits per heavy atom. The molecule has 5 heteroatoms. The van der Waals surface area contributed by atoms with Crippen LogP contribution in [0.2, 0.25) is 0 Å². The van der Waals surface area contributed by atoms with Gasteiger partial charge in [-0.25, -0.2) is 4.79 Å². The van der Waals surface area contributed by atoms with Crippen molar-refractivity contribution < 1.29 is 9.53 Å². The van der Waals surface area contributed by atoms with Gasteiger partial charge in [-0.3, -0.25) is 4.68 Å². The molecule has 2 rings (SSSR count). The van der Waals surface area contributed by atoms with E-state index in [0.717, 1.165) is 17.0 Å². The molecule has 0 aliphatic carbocycles. The van der Waals surface area contributed by atoms with Gasteiger partial charge in [-0.2, -0.15) is 10.4 Å². The average Bonchev–Trinajstić information content (AvgIpc) is 2.83. The normalized spacial score (nSPS) is 10.6. The second kappa shape index (κ2) is 7.23. The third-order valence-electron chi connectivity index (χ3n) is 3.08. The molecule has 0 saturated heterocycles. The molecule has 0 amide bonds. The number of rotatable bonds is 5. The lowest BCUT2D eigenvalue weighted by atomic mass is 10.1. The Morgan fingerprint density at radius 3 is 2.91 bits per heavy atom. The van der Waals surface area contributed by atoms with Crippen LogP contribution in [0.1, 0.15) is 22.5 Å². The Kier molecular flexibility index (Phi) is 5.10. The van der Waals surface area contributed by atoms with Gasteiger partial charge in [0.15, 0.2) is 0 Å². The van der Waals surface area contributed by atoms with Gasteiger partial charge in [0.2, 0.25) is 0 Å². The highest BCUT2D eigenvalue weighted by Gasteiger charge is 2.02. The maximum atomic E-state index is 11.6. The molecule has 0 aliphatic heterocycles. The third-order valence-corrected chi connectivity index (χ3v) is 3.08. The highest BCUT2D eigenvalue weighted by atomic mass is 16.5. The molecule has 1 heterocycles. The van der Waals surface area contributed by atoms with Crippen molar-refractivity contribution in [3.63, 3.8) is 0 Å². The number of carbonyl (C=O) groups is 1. The average molecular weight is 295 g/mol. The maximum Gasteiger partial charge on any atom is 0.330 e. The first-order valence-electron chi connectivity index (χ1n) is 6.94. The van der Waals surface area contributed by atoms with Gasteiger partial charge in [-0.15, -0.1) is 0 Å². The van der Waals surface area contributed by atoms with Crippen LogP contribution in [0.3, 0.4) is 0 Å². The number of esters is 1. The number of nitriles is 1. The first-order valence-corrected chi connectivity index (χ1v) is 6.94. The van der Waals surface area contributed by atoms with E-state index in [9.17, 15) is 4.79 Å². The van der Waals surface area contributed by atoms with Crippen LogP contribution < -0.4 is 0 Å². The molecule has 0 aliphatic rings. The molecular weight excluding hydrogens is 278 g/mol. The Labute approximate surface area is 129 Å². The van der Waals surface area contributed by atoms with Crippen LogP contribution in [0, 0.1) is 25.2 Å². The van der Waals surface area contributed by atoms with Crippen LogP contribution in [-0.4, -0.2) is 22.4 Å². The van der Waals surface area contributed by atoms with E-state index in [1.807, 2.05) is 30.7 Å². The zero-order chi connectivity index (χ0) is 15.9. The molecule has 112 valence electrons. The predicted molar refractivity (Wildman–Crippen MR) is 82.9 cm³/mol. The van der Waals surface area contributed by atoms with E-state index >= 15 is 0 Å². The number of carbonyl (C=O) groups excluding carboxylic acids is 1. The number of benzene rings is 1. The number of aryl methyl sites for hydroxylation is 2. The van der Waals surface area contributed by atoms with Crippen molar-refractivity contribution in [2.75, 3.05) is 6.61 Å². The minimum Gasteiger partial charge on any atom is -0.461 e. The molecule has 0 radical (unpaired) electrons. The van der Waals surface area contributed by atoms with Gasteiger partial charge < -0.3 is 4.74 Å². The summed E-state index contributed by atoms with van der Waals surface area (Å²) in [4.78, 5) is 11.6. The Bertz CT molecular complexity index is 739. The minimum atomic E-state index is -0.413. The zero-order valence-electron chi connectivity index (χ0n) is 12.6. The number of nitrogens with zero attached hydrogens (tertiary/aromatic N) is 3. The fraction of sp³-hybridized carbons (Fsp3) is 0.235. The Morgan fingerprint density at radius 2 is 2.23 bits per heavy atom. The van der Waals surface area contributed by atoms with Gasteiger partial charge in [0.05, 0.1) is 23.9 Å². The molecule has 22 heavy (non-hydrogen) atoms. The van der Waals surface area contributed by atoms with Crippen molar-refractivity contribution in [3.05, 3.63) is 58.9 Å². The van der Waals surface area contributed by atoms with Crippen molar-refractivity contribution in [2.45, 2.75) is 20.4 Å². The Balaban J connectivity index is 1.84. The highest BCUT2D eigenvalue weighted by molar-refractivity contribution is 5.87. The number of hydrogen-bond donors (Lipinski definition) is 0. The van der Waals surface area contributed by atoms with Crippen molar-refractivity contribution in [3.8, 4) is 6.07 Å². The van der Waals surface area contributed by atoms with Gasteiger partial charge >= 0.3 is 5.97 Å². The Hall–Kier alpha value is -2.87. The summed E-state index contributed by atoms with van der Waals surface area (Å²) < 4.78 is 6.95. The summed E-state index contributed by atoms with van der Waals surface area (Å²) in [6.45, 7) is 4.68. The second-order valence-electron chi connectivity index (χ2n) is 4.89. The number of aromatic nitrogens is 2. The van der Waals surface area contributed by atoms with Crippen LogP contribution >= 0.6 is 0 Å². The SMILES string of the molecule is Cc1cc(C)n(CCOC(=O)/C=C/c2cccc(C#N)c2)n1. The monoisotopic (exact) mass is 295 g/mol. The van der Waals surface area contributed by atoms with E-state index in [2.05, 4.69) is 11.2 Å². The van der Waals surface area contributed by atoms with Gasteiger partial charge in [-0.05, 0) is 43.7 Å². The minimum absolute atomic E-state index is 0.267. The van der Waals surface area contributed by atoms with Crippen LogP contribution in [0.4, 0.5) is 0 Å². The van der Waals surface area contributed by atoms with Crippen molar-refractivity contribution in [2.24, 2.45) is 0 Å². The van der Waals surface area contributed by atoms with Crippen molar-refractivity contribution in [1.29, 1.82) is 5.26 Å². The molecular formula is C17H17N3O2. The molecule has 5 nitrogen and oxygen atoms in total. The first-order chi connectivity index (χ1) is 10.6. The van der Waals surface area contributed by atoms with Gasteiger partial charge in [0.25, 0.3) is 0 Å². The van der Waals surface area contributed by atoms with E-state index in [1.165, 1.54) is 6.08 Å². The largest absolute Gasteiger partial charge is 0.461 e. The number of ether oxygens (including phenoxy) is 1. The molecule has 0 saturated carbocycles. The standard InChI is InChI=1S/C17H17N3O2/c1-13-10-14(2)20(19-13)8-9-22-17(21)7-6-15-4-3-5-16(11-15)12-18/h3-7,10-11H,8-9H2,1-2H3/b7-6+. The predicted octanol–water partition coefficient (Wildman–Crippen LogP) is 2.63. The van der Waals surface area contributed by atoms with Crippen molar-refractivity contribution in [1.82, 2.24) is 9.78 Å². The molecule has 0 bridgehead atoms. The molecule has 1 aromatic carbocycles. The summed E-state index contributed by atoms with van der Waals surface area (Å²) in [6.07, 6.45) is 2.99.